The number of nitrogens with one attached hydrogen (secondary N) is 7. The Hall–Kier alpha value is -3.75. The van der Waals surface area contributed by atoms with Gasteiger partial charge in [0.15, 0.2) is 0 Å². The molecule has 0 aliphatic heterocycles. The summed E-state index contributed by atoms with van der Waals surface area (Å²) in [5, 5.41) is 19.7. The molecule has 0 saturated heterocycles. The van der Waals surface area contributed by atoms with Crippen LogP contribution in [0.4, 0.5) is 0 Å². The number of hydrogen-bond acceptors (Lipinski definition) is 8. The maximum absolute atomic E-state index is 13.7. The maximum Gasteiger partial charge on any atom is 0.246 e. The van der Waals surface area contributed by atoms with Crippen molar-refractivity contribution in [2.24, 2.45) is 17.8 Å². The van der Waals surface area contributed by atoms with Crippen molar-refractivity contribution < 1.29 is 33.6 Å². The summed E-state index contributed by atoms with van der Waals surface area (Å²) >= 11 is 0. The fourth-order valence-corrected chi connectivity index (χ4v) is 6.50. The molecule has 56 heavy (non-hydrogen) atoms. The Bertz CT molecular complexity index is 1370. The van der Waals surface area contributed by atoms with E-state index in [0.29, 0.717) is 12.3 Å². The van der Waals surface area contributed by atoms with Crippen LogP contribution in [0.5, 0.6) is 0 Å². The van der Waals surface area contributed by atoms with Crippen molar-refractivity contribution in [1.29, 1.82) is 0 Å². The molecule has 0 bridgehead atoms. The lowest BCUT2D eigenvalue weighted by Gasteiger charge is -2.44. The highest BCUT2D eigenvalue weighted by molar-refractivity contribution is 5.98. The molecule has 1 saturated carbocycles. The molecule has 0 unspecified atom stereocenters. The molecule has 7 amide bonds. The van der Waals surface area contributed by atoms with Crippen LogP contribution in [0.15, 0.2) is 0 Å². The molecular formula is C41H76N8O7. The van der Waals surface area contributed by atoms with Crippen LogP contribution in [0.3, 0.4) is 0 Å². The lowest BCUT2D eigenvalue weighted by molar-refractivity contribution is -0.139. The van der Waals surface area contributed by atoms with E-state index in [0.717, 1.165) is 32.2 Å². The first-order valence-electron chi connectivity index (χ1n) is 20.4. The van der Waals surface area contributed by atoms with Crippen LogP contribution >= 0.6 is 0 Å². The molecular weight excluding hydrogens is 716 g/mol. The van der Waals surface area contributed by atoms with Crippen LogP contribution in [0.2, 0.25) is 0 Å². The minimum Gasteiger partial charge on any atom is -0.354 e. The molecule has 322 valence electrons. The highest BCUT2D eigenvalue weighted by Gasteiger charge is 2.41. The van der Waals surface area contributed by atoms with Gasteiger partial charge in [-0.25, -0.2) is 0 Å². The molecule has 0 spiro atoms. The van der Waals surface area contributed by atoms with Gasteiger partial charge in [-0.3, -0.25) is 33.6 Å². The Morgan fingerprint density at radius 2 is 1.12 bits per heavy atom. The van der Waals surface area contributed by atoms with Crippen LogP contribution in [-0.4, -0.2) is 108 Å². The number of carbonyl (C=O) groups is 7. The van der Waals surface area contributed by atoms with Gasteiger partial charge in [0, 0.05) is 25.9 Å². The number of likely N-dealkylation sites (N-methyl/N-ethyl adjacent to an activating group) is 1. The van der Waals surface area contributed by atoms with E-state index >= 15 is 0 Å². The summed E-state index contributed by atoms with van der Waals surface area (Å²) < 4.78 is 0. The van der Waals surface area contributed by atoms with E-state index in [2.05, 4.69) is 51.1 Å². The molecule has 15 heteroatoms. The highest BCUT2D eigenvalue weighted by atomic mass is 16.2. The van der Waals surface area contributed by atoms with Crippen LogP contribution in [0.1, 0.15) is 141 Å². The second-order valence-electron chi connectivity index (χ2n) is 18.9. The van der Waals surface area contributed by atoms with Gasteiger partial charge in [-0.1, -0.05) is 48.0 Å². The standard InChI is InChI=1S/C41H76N8O7/c1-26(2)17-15-18-31(50)45-39(9,10)36(55)44-29(23-27(3)4)33(52)43-30(24-28(5)6)34(53)47-40(11,12)37(56)48-38(7,8)35(54)42-22-19-32(51)46-41(20-16-21-41)25-49(13)14/h26-30H,15-25H2,1-14H3,(H,42,54)(H,43,52)(H,44,55)(H,45,50)(H,46,51)(H,47,53)(H,48,56)/t29-,30-/m0/s1. The minimum absolute atomic E-state index is 0.00465. The van der Waals surface area contributed by atoms with Gasteiger partial charge in [-0.05, 0) is 112 Å². The van der Waals surface area contributed by atoms with Gasteiger partial charge < -0.3 is 42.1 Å². The lowest BCUT2D eigenvalue weighted by Crippen LogP contribution is -2.65. The molecule has 0 aromatic rings. The Kier molecular flexibility index (Phi) is 19.5. The maximum atomic E-state index is 13.7. The SMILES string of the molecule is CC(C)CCCC(=O)NC(C)(C)C(=O)N[C@@H](CC(C)C)C(=O)N[C@@H](CC(C)C)C(=O)NC(C)(C)C(=O)NC(C)(C)C(=O)NCCC(=O)NC1(CN(C)C)CCC1. The second kappa shape index (κ2) is 21.7. The van der Waals surface area contributed by atoms with Crippen molar-refractivity contribution in [2.45, 2.75) is 175 Å². The Morgan fingerprint density at radius 1 is 0.607 bits per heavy atom. The highest BCUT2D eigenvalue weighted by Crippen LogP contribution is 2.32. The van der Waals surface area contributed by atoms with Crippen LogP contribution < -0.4 is 37.2 Å². The number of rotatable bonds is 24. The van der Waals surface area contributed by atoms with Gasteiger partial charge in [0.05, 0.1) is 5.54 Å². The largest absolute Gasteiger partial charge is 0.354 e. The van der Waals surface area contributed by atoms with Gasteiger partial charge in [0.2, 0.25) is 41.4 Å². The fourth-order valence-electron chi connectivity index (χ4n) is 6.50. The Labute approximate surface area is 336 Å². The first-order valence-corrected chi connectivity index (χ1v) is 20.4. The number of nitrogens with zero attached hydrogens (tertiary/aromatic N) is 1. The van der Waals surface area contributed by atoms with E-state index in [1.54, 1.807) is 13.8 Å². The third kappa shape index (κ3) is 17.6. The van der Waals surface area contributed by atoms with Crippen LogP contribution in [-0.2, 0) is 33.6 Å². The fraction of sp³-hybridized carbons (Fsp3) is 0.829. The second-order valence-corrected chi connectivity index (χ2v) is 18.9. The van der Waals surface area contributed by atoms with Gasteiger partial charge in [-0.2, -0.15) is 0 Å². The smallest absolute Gasteiger partial charge is 0.246 e. The van der Waals surface area contributed by atoms with Crippen molar-refractivity contribution in [1.82, 2.24) is 42.1 Å². The summed E-state index contributed by atoms with van der Waals surface area (Å²) in [4.78, 5) is 94.8. The van der Waals surface area contributed by atoms with Gasteiger partial charge in [0.1, 0.15) is 28.7 Å². The quantitative estimate of drug-likeness (QED) is 0.0772. The van der Waals surface area contributed by atoms with E-state index in [4.69, 9.17) is 0 Å². The summed E-state index contributed by atoms with van der Waals surface area (Å²) in [5.74, 6) is -2.81. The third-order valence-corrected chi connectivity index (χ3v) is 9.84. The van der Waals surface area contributed by atoms with Crippen molar-refractivity contribution in [3.63, 3.8) is 0 Å². The molecule has 1 fully saturated rings. The first-order chi connectivity index (χ1) is 25.6. The number of amides is 7. The predicted octanol–water partition coefficient (Wildman–Crippen LogP) is 2.67. The monoisotopic (exact) mass is 793 g/mol. The number of hydrogen-bond donors (Lipinski definition) is 7. The average molecular weight is 793 g/mol. The third-order valence-electron chi connectivity index (χ3n) is 9.84. The Morgan fingerprint density at radius 3 is 1.61 bits per heavy atom. The van der Waals surface area contributed by atoms with Crippen LogP contribution in [0.25, 0.3) is 0 Å². The van der Waals surface area contributed by atoms with E-state index in [1.807, 2.05) is 46.7 Å². The summed E-state index contributed by atoms with van der Waals surface area (Å²) in [6.07, 6.45) is 5.36. The van der Waals surface area contributed by atoms with Gasteiger partial charge in [-0.15, -0.1) is 0 Å². The lowest BCUT2D eigenvalue weighted by atomic mass is 9.76. The van der Waals surface area contributed by atoms with Crippen molar-refractivity contribution in [3.05, 3.63) is 0 Å². The zero-order valence-corrected chi connectivity index (χ0v) is 37.0. The molecule has 0 heterocycles. The molecule has 0 aromatic carbocycles. The molecule has 2 atom stereocenters. The zero-order chi connectivity index (χ0) is 43.2. The van der Waals surface area contributed by atoms with Crippen molar-refractivity contribution >= 4 is 41.4 Å². The number of carbonyl (C=O) groups excluding carboxylic acids is 7. The molecule has 1 aliphatic rings. The summed E-state index contributed by atoms with van der Waals surface area (Å²) in [6.45, 7) is 21.8. The molecule has 7 N–H and O–H groups in total. The van der Waals surface area contributed by atoms with Crippen LogP contribution in [0, 0.1) is 17.8 Å². The summed E-state index contributed by atoms with van der Waals surface area (Å²) in [6, 6.07) is -2.05. The van der Waals surface area contributed by atoms with Gasteiger partial charge in [0.25, 0.3) is 0 Å². The van der Waals surface area contributed by atoms with E-state index in [1.165, 1.54) is 27.7 Å². The molecule has 1 aliphatic carbocycles. The molecule has 15 nitrogen and oxygen atoms in total. The van der Waals surface area contributed by atoms with Crippen molar-refractivity contribution in [2.75, 3.05) is 27.2 Å². The summed E-state index contributed by atoms with van der Waals surface area (Å²) in [5.41, 5.74) is -4.41. The first kappa shape index (κ1) is 50.3. The minimum atomic E-state index is -1.50. The summed E-state index contributed by atoms with van der Waals surface area (Å²) in [7, 11) is 3.93. The average Bonchev–Trinajstić information content (AvgIpc) is 3.01. The molecule has 0 aromatic heterocycles. The molecule has 0 radical (unpaired) electrons. The molecule has 1 rings (SSSR count). The van der Waals surface area contributed by atoms with Gasteiger partial charge >= 0.3 is 0 Å². The Balaban J connectivity index is 2.92. The normalized spacial score (nSPS) is 15.4. The predicted molar refractivity (Wildman–Crippen MR) is 219 cm³/mol. The zero-order valence-electron chi connectivity index (χ0n) is 37.0. The topological polar surface area (TPSA) is 207 Å². The van der Waals surface area contributed by atoms with E-state index < -0.39 is 58.2 Å². The van der Waals surface area contributed by atoms with Crippen molar-refractivity contribution in [3.8, 4) is 0 Å². The van der Waals surface area contributed by atoms with E-state index in [-0.39, 0.29) is 61.4 Å². The van der Waals surface area contributed by atoms with E-state index in [9.17, 15) is 33.6 Å².